The van der Waals surface area contributed by atoms with E-state index >= 15 is 0 Å². The molecule has 0 aliphatic carbocycles. The highest BCUT2D eigenvalue weighted by Gasteiger charge is 2.15. The molecule has 110 valence electrons. The Hall–Kier alpha value is -2.18. The van der Waals surface area contributed by atoms with E-state index < -0.39 is 11.7 Å². The van der Waals surface area contributed by atoms with Crippen LogP contribution in [0.25, 0.3) is 0 Å². The molecule has 0 saturated carbocycles. The lowest BCUT2D eigenvalue weighted by atomic mass is 10.1. The molecule has 20 heavy (non-hydrogen) atoms. The molecular formula is C13H19N3O4. The van der Waals surface area contributed by atoms with E-state index in [9.17, 15) is 14.4 Å². The Morgan fingerprint density at radius 3 is 2.55 bits per heavy atom. The van der Waals surface area contributed by atoms with Gasteiger partial charge in [0, 0.05) is 23.5 Å². The molecule has 0 radical (unpaired) electrons. The van der Waals surface area contributed by atoms with Gasteiger partial charge in [0.15, 0.2) is 0 Å². The van der Waals surface area contributed by atoms with Crippen LogP contribution in [0.4, 0.5) is 0 Å². The minimum atomic E-state index is -1.00. The summed E-state index contributed by atoms with van der Waals surface area (Å²) in [5.74, 6) is -1.29. The Labute approximate surface area is 116 Å². The van der Waals surface area contributed by atoms with E-state index in [1.54, 1.807) is 13.8 Å². The van der Waals surface area contributed by atoms with Crippen LogP contribution in [0, 0.1) is 13.8 Å². The van der Waals surface area contributed by atoms with E-state index in [1.165, 1.54) is 4.57 Å². The van der Waals surface area contributed by atoms with Crippen molar-refractivity contribution in [3.63, 3.8) is 0 Å². The number of carboxylic acid groups (broad SMARTS) is 1. The van der Waals surface area contributed by atoms with Crippen molar-refractivity contribution in [2.24, 2.45) is 0 Å². The van der Waals surface area contributed by atoms with Gasteiger partial charge in [0.25, 0.3) is 0 Å². The number of aromatic nitrogens is 2. The van der Waals surface area contributed by atoms with Gasteiger partial charge >= 0.3 is 11.7 Å². The van der Waals surface area contributed by atoms with Gasteiger partial charge < -0.3 is 10.4 Å². The molecule has 0 spiro atoms. The average molecular weight is 281 g/mol. The number of rotatable bonds is 6. The predicted molar refractivity (Wildman–Crippen MR) is 72.6 cm³/mol. The molecular weight excluding hydrogens is 262 g/mol. The Bertz CT molecular complexity index is 578. The Morgan fingerprint density at radius 2 is 2.00 bits per heavy atom. The molecule has 0 aliphatic heterocycles. The van der Waals surface area contributed by atoms with Crippen LogP contribution in [0.15, 0.2) is 4.79 Å². The number of nitrogens with zero attached hydrogens (tertiary/aromatic N) is 2. The molecule has 0 aromatic carbocycles. The van der Waals surface area contributed by atoms with Crippen molar-refractivity contribution in [2.45, 2.75) is 40.2 Å². The topological polar surface area (TPSA) is 101 Å². The van der Waals surface area contributed by atoms with Crippen LogP contribution in [0.5, 0.6) is 0 Å². The van der Waals surface area contributed by atoms with Gasteiger partial charge in [-0.2, -0.15) is 4.98 Å². The van der Waals surface area contributed by atoms with Crippen molar-refractivity contribution in [3.05, 3.63) is 27.4 Å². The molecule has 0 aliphatic rings. The number of carbonyl (C=O) groups excluding carboxylic acids is 1. The maximum Gasteiger partial charge on any atom is 0.348 e. The molecule has 0 saturated heterocycles. The van der Waals surface area contributed by atoms with Crippen LogP contribution in [0.3, 0.4) is 0 Å². The zero-order chi connectivity index (χ0) is 15.3. The van der Waals surface area contributed by atoms with Gasteiger partial charge in [-0.15, -0.1) is 0 Å². The number of hydrogen-bond acceptors (Lipinski definition) is 4. The number of aliphatic carboxylic acids is 1. The third-order valence-electron chi connectivity index (χ3n) is 2.97. The fourth-order valence-corrected chi connectivity index (χ4v) is 1.90. The van der Waals surface area contributed by atoms with Crippen molar-refractivity contribution in [2.75, 3.05) is 6.54 Å². The predicted octanol–water partition coefficient (Wildman–Crippen LogP) is 0.0134. The van der Waals surface area contributed by atoms with Crippen molar-refractivity contribution in [3.8, 4) is 0 Å². The molecule has 1 aromatic rings. The standard InChI is InChI=1S/C13H19N3O4/c1-4-5-14-11(17)7-16-9(3)10(6-12(18)19)8(2)15-13(16)20/h4-7H2,1-3H3,(H,14,17)(H,18,19). The van der Waals surface area contributed by atoms with Crippen LogP contribution < -0.4 is 11.0 Å². The van der Waals surface area contributed by atoms with Crippen LogP contribution in [0.2, 0.25) is 0 Å². The maximum atomic E-state index is 11.8. The lowest BCUT2D eigenvalue weighted by Crippen LogP contribution is -2.36. The molecule has 1 aromatic heterocycles. The second kappa shape index (κ2) is 6.83. The molecule has 7 nitrogen and oxygen atoms in total. The summed E-state index contributed by atoms with van der Waals surface area (Å²) >= 11 is 0. The smallest absolute Gasteiger partial charge is 0.348 e. The maximum absolute atomic E-state index is 11.8. The number of amides is 1. The highest BCUT2D eigenvalue weighted by Crippen LogP contribution is 2.10. The first kappa shape index (κ1) is 15.9. The second-order valence-electron chi connectivity index (χ2n) is 4.55. The minimum Gasteiger partial charge on any atom is -0.481 e. The summed E-state index contributed by atoms with van der Waals surface area (Å²) in [5, 5.41) is 11.5. The highest BCUT2D eigenvalue weighted by molar-refractivity contribution is 5.76. The van der Waals surface area contributed by atoms with Gasteiger partial charge in [-0.1, -0.05) is 6.92 Å². The summed E-state index contributed by atoms with van der Waals surface area (Å²) in [6.07, 6.45) is 0.581. The lowest BCUT2D eigenvalue weighted by Gasteiger charge is -2.14. The zero-order valence-corrected chi connectivity index (χ0v) is 11.9. The van der Waals surface area contributed by atoms with Gasteiger partial charge in [-0.3, -0.25) is 14.2 Å². The quantitative estimate of drug-likeness (QED) is 0.765. The van der Waals surface area contributed by atoms with E-state index in [4.69, 9.17) is 5.11 Å². The highest BCUT2D eigenvalue weighted by atomic mass is 16.4. The van der Waals surface area contributed by atoms with Gasteiger partial charge in [-0.05, 0) is 20.3 Å². The first-order valence-corrected chi connectivity index (χ1v) is 6.42. The Morgan fingerprint density at radius 1 is 1.35 bits per heavy atom. The van der Waals surface area contributed by atoms with Gasteiger partial charge in [0.2, 0.25) is 5.91 Å². The Kier molecular flexibility index (Phi) is 5.42. The largest absolute Gasteiger partial charge is 0.481 e. The normalized spacial score (nSPS) is 10.3. The summed E-state index contributed by atoms with van der Waals surface area (Å²) in [5.41, 5.74) is 0.790. The molecule has 1 heterocycles. The summed E-state index contributed by atoms with van der Waals surface area (Å²) in [6, 6.07) is 0. The van der Waals surface area contributed by atoms with Crippen LogP contribution in [-0.2, 0) is 22.6 Å². The van der Waals surface area contributed by atoms with E-state index in [0.29, 0.717) is 23.5 Å². The molecule has 2 N–H and O–H groups in total. The van der Waals surface area contributed by atoms with E-state index in [1.807, 2.05) is 6.92 Å². The average Bonchev–Trinajstić information content (AvgIpc) is 2.37. The summed E-state index contributed by atoms with van der Waals surface area (Å²) in [4.78, 5) is 38.1. The fourth-order valence-electron chi connectivity index (χ4n) is 1.90. The van der Waals surface area contributed by atoms with Crippen LogP contribution >= 0.6 is 0 Å². The summed E-state index contributed by atoms with van der Waals surface area (Å²) in [7, 11) is 0. The molecule has 0 atom stereocenters. The van der Waals surface area contributed by atoms with Crippen molar-refractivity contribution in [1.82, 2.24) is 14.9 Å². The lowest BCUT2D eigenvalue weighted by molar-refractivity contribution is -0.136. The first-order chi connectivity index (χ1) is 9.36. The second-order valence-corrected chi connectivity index (χ2v) is 4.55. The molecule has 0 bridgehead atoms. The van der Waals surface area contributed by atoms with E-state index in [-0.39, 0.29) is 18.9 Å². The summed E-state index contributed by atoms with van der Waals surface area (Å²) < 4.78 is 1.20. The van der Waals surface area contributed by atoms with Crippen LogP contribution in [-0.4, -0.2) is 33.1 Å². The minimum absolute atomic E-state index is 0.148. The van der Waals surface area contributed by atoms with E-state index in [0.717, 1.165) is 6.42 Å². The summed E-state index contributed by atoms with van der Waals surface area (Å²) in [6.45, 7) is 5.53. The Balaban J connectivity index is 3.10. The van der Waals surface area contributed by atoms with Gasteiger partial charge in [0.1, 0.15) is 6.54 Å². The zero-order valence-electron chi connectivity index (χ0n) is 11.9. The van der Waals surface area contributed by atoms with E-state index in [2.05, 4.69) is 10.3 Å². The SMILES string of the molecule is CCCNC(=O)Cn1c(C)c(CC(=O)O)c(C)nc1=O. The molecule has 7 heteroatoms. The first-order valence-electron chi connectivity index (χ1n) is 6.42. The monoisotopic (exact) mass is 281 g/mol. The molecule has 0 fully saturated rings. The molecule has 1 rings (SSSR count). The van der Waals surface area contributed by atoms with Crippen molar-refractivity contribution in [1.29, 1.82) is 0 Å². The molecule has 1 amide bonds. The van der Waals surface area contributed by atoms with Crippen molar-refractivity contribution >= 4 is 11.9 Å². The molecule has 0 unspecified atom stereocenters. The number of hydrogen-bond donors (Lipinski definition) is 2. The fraction of sp³-hybridized carbons (Fsp3) is 0.538. The van der Waals surface area contributed by atoms with Crippen LogP contribution in [0.1, 0.15) is 30.3 Å². The number of aryl methyl sites for hydroxylation is 1. The van der Waals surface area contributed by atoms with Gasteiger partial charge in [-0.25, -0.2) is 4.79 Å². The van der Waals surface area contributed by atoms with Crippen molar-refractivity contribution < 1.29 is 14.7 Å². The number of carboxylic acids is 1. The third-order valence-corrected chi connectivity index (χ3v) is 2.97. The third kappa shape index (κ3) is 3.91. The number of nitrogens with one attached hydrogen (secondary N) is 1. The van der Waals surface area contributed by atoms with Gasteiger partial charge in [0.05, 0.1) is 6.42 Å². The number of carbonyl (C=O) groups is 2.